The minimum atomic E-state index is 0.00272. The van der Waals surface area contributed by atoms with Crippen molar-refractivity contribution in [2.24, 2.45) is 0 Å². The zero-order valence-electron chi connectivity index (χ0n) is 10.2. The van der Waals surface area contributed by atoms with Gasteiger partial charge in [0, 0.05) is 42.9 Å². The first-order valence-corrected chi connectivity index (χ1v) is 5.92. The fourth-order valence-corrected chi connectivity index (χ4v) is 1.92. The third-order valence-corrected chi connectivity index (χ3v) is 2.75. The summed E-state index contributed by atoms with van der Waals surface area (Å²) in [6.07, 6.45) is 4.61. The number of fused-ring (bicyclic) bond motifs is 1. The second-order valence-electron chi connectivity index (χ2n) is 3.97. The maximum Gasteiger partial charge on any atom is 0.221 e. The highest BCUT2D eigenvalue weighted by atomic mass is 16.1. The van der Waals surface area contributed by atoms with Crippen LogP contribution in [0.15, 0.2) is 24.5 Å². The molecule has 0 saturated carbocycles. The van der Waals surface area contributed by atoms with Crippen molar-refractivity contribution >= 4 is 23.2 Å². The normalized spacial score (nSPS) is 10.5. The fourth-order valence-electron chi connectivity index (χ4n) is 1.92. The number of aromatic nitrogens is 2. The quantitative estimate of drug-likeness (QED) is 0.809. The summed E-state index contributed by atoms with van der Waals surface area (Å²) in [6.45, 7) is 3.03. The van der Waals surface area contributed by atoms with Crippen molar-refractivity contribution in [1.29, 1.82) is 0 Å². The van der Waals surface area contributed by atoms with Crippen LogP contribution in [0.2, 0.25) is 0 Å². The van der Waals surface area contributed by atoms with Crippen molar-refractivity contribution in [3.8, 4) is 0 Å². The Bertz CT molecular complexity index is 575. The Morgan fingerprint density at radius 3 is 3.11 bits per heavy atom. The van der Waals surface area contributed by atoms with Gasteiger partial charge in [0.05, 0.1) is 0 Å². The molecule has 0 aliphatic carbocycles. The summed E-state index contributed by atoms with van der Waals surface area (Å²) in [5.41, 5.74) is 1.35. The number of nitrogens with zero attached hydrogens (tertiary/aromatic N) is 2. The highest BCUT2D eigenvalue weighted by molar-refractivity contribution is 5.96. The molecule has 0 atom stereocenters. The van der Waals surface area contributed by atoms with Crippen molar-refractivity contribution in [3.05, 3.63) is 30.1 Å². The second-order valence-corrected chi connectivity index (χ2v) is 3.97. The van der Waals surface area contributed by atoms with Crippen LogP contribution < -0.4 is 5.32 Å². The van der Waals surface area contributed by atoms with Crippen LogP contribution in [-0.2, 0) is 11.3 Å². The summed E-state index contributed by atoms with van der Waals surface area (Å²) in [5, 5.41) is 3.56. The Kier molecular flexibility index (Phi) is 3.72. The van der Waals surface area contributed by atoms with Gasteiger partial charge in [-0.25, -0.2) is 4.98 Å². The molecule has 0 bridgehead atoms. The zero-order chi connectivity index (χ0) is 13.0. The molecular weight excluding hydrogens is 230 g/mol. The van der Waals surface area contributed by atoms with Crippen LogP contribution in [0.4, 0.5) is 0 Å². The first kappa shape index (κ1) is 12.3. The minimum Gasteiger partial charge on any atom is -0.356 e. The molecule has 2 aromatic heterocycles. The molecule has 5 nitrogen and oxygen atoms in total. The number of carbonyl (C=O) groups is 2. The van der Waals surface area contributed by atoms with Gasteiger partial charge in [-0.15, -0.1) is 0 Å². The summed E-state index contributed by atoms with van der Waals surface area (Å²) in [6, 6.07) is 3.65. The van der Waals surface area contributed by atoms with Crippen LogP contribution in [0.3, 0.4) is 0 Å². The van der Waals surface area contributed by atoms with E-state index in [1.54, 1.807) is 18.5 Å². The number of hydrogen-bond acceptors (Lipinski definition) is 3. The molecule has 1 N–H and O–H groups in total. The SMILES string of the molecule is CCNC(=O)CCn1cc(C=O)c2cccnc21. The van der Waals surface area contributed by atoms with E-state index in [-0.39, 0.29) is 5.91 Å². The smallest absolute Gasteiger partial charge is 0.221 e. The van der Waals surface area contributed by atoms with Crippen LogP contribution in [0, 0.1) is 0 Å². The minimum absolute atomic E-state index is 0.00272. The molecule has 5 heteroatoms. The summed E-state index contributed by atoms with van der Waals surface area (Å²) >= 11 is 0. The van der Waals surface area contributed by atoms with Gasteiger partial charge in [-0.3, -0.25) is 9.59 Å². The highest BCUT2D eigenvalue weighted by Crippen LogP contribution is 2.17. The lowest BCUT2D eigenvalue weighted by atomic mass is 10.2. The van der Waals surface area contributed by atoms with Crippen molar-refractivity contribution in [2.75, 3.05) is 6.54 Å². The van der Waals surface area contributed by atoms with E-state index >= 15 is 0 Å². The summed E-state index contributed by atoms with van der Waals surface area (Å²) in [7, 11) is 0. The molecule has 0 saturated heterocycles. The molecule has 2 rings (SSSR count). The van der Waals surface area contributed by atoms with E-state index in [4.69, 9.17) is 0 Å². The molecule has 0 aliphatic rings. The van der Waals surface area contributed by atoms with Gasteiger partial charge in [0.2, 0.25) is 5.91 Å². The summed E-state index contributed by atoms with van der Waals surface area (Å²) in [4.78, 5) is 26.6. The van der Waals surface area contributed by atoms with Gasteiger partial charge in [0.15, 0.2) is 6.29 Å². The summed E-state index contributed by atoms with van der Waals surface area (Å²) < 4.78 is 1.84. The molecule has 2 aromatic rings. The molecular formula is C13H15N3O2. The number of carbonyl (C=O) groups excluding carboxylic acids is 2. The predicted octanol–water partition coefficient (Wildman–Crippen LogP) is 1.37. The number of nitrogens with one attached hydrogen (secondary N) is 1. The Balaban J connectivity index is 2.23. The number of hydrogen-bond donors (Lipinski definition) is 1. The summed E-state index contributed by atoms with van der Waals surface area (Å²) in [5.74, 6) is 0.00272. The largest absolute Gasteiger partial charge is 0.356 e. The third-order valence-electron chi connectivity index (χ3n) is 2.75. The van der Waals surface area contributed by atoms with E-state index in [9.17, 15) is 9.59 Å². The molecule has 1 amide bonds. The number of rotatable bonds is 5. The lowest BCUT2D eigenvalue weighted by Gasteiger charge is -2.04. The molecule has 0 aromatic carbocycles. The van der Waals surface area contributed by atoms with E-state index in [2.05, 4.69) is 10.3 Å². The van der Waals surface area contributed by atoms with E-state index in [0.717, 1.165) is 17.3 Å². The lowest BCUT2D eigenvalue weighted by Crippen LogP contribution is -2.23. The highest BCUT2D eigenvalue weighted by Gasteiger charge is 2.09. The van der Waals surface area contributed by atoms with Gasteiger partial charge in [-0.2, -0.15) is 0 Å². The Morgan fingerprint density at radius 2 is 2.39 bits per heavy atom. The molecule has 0 radical (unpaired) electrons. The van der Waals surface area contributed by atoms with Crippen LogP contribution in [0.1, 0.15) is 23.7 Å². The van der Waals surface area contributed by atoms with Gasteiger partial charge in [0.1, 0.15) is 5.65 Å². The number of aldehydes is 1. The average Bonchev–Trinajstić information content (AvgIpc) is 2.75. The van der Waals surface area contributed by atoms with Crippen molar-refractivity contribution in [1.82, 2.24) is 14.9 Å². The molecule has 0 unspecified atom stereocenters. The second kappa shape index (κ2) is 5.44. The van der Waals surface area contributed by atoms with Crippen molar-refractivity contribution < 1.29 is 9.59 Å². The van der Waals surface area contributed by atoms with Crippen molar-refractivity contribution in [2.45, 2.75) is 19.9 Å². The average molecular weight is 245 g/mol. The Hall–Kier alpha value is -2.17. The zero-order valence-corrected chi connectivity index (χ0v) is 10.2. The van der Waals surface area contributed by atoms with Gasteiger partial charge >= 0.3 is 0 Å². The lowest BCUT2D eigenvalue weighted by molar-refractivity contribution is -0.121. The van der Waals surface area contributed by atoms with E-state index in [1.165, 1.54) is 0 Å². The molecule has 0 aliphatic heterocycles. The van der Waals surface area contributed by atoms with Crippen molar-refractivity contribution in [3.63, 3.8) is 0 Å². The molecule has 94 valence electrons. The molecule has 18 heavy (non-hydrogen) atoms. The van der Waals surface area contributed by atoms with E-state index in [0.29, 0.717) is 25.1 Å². The monoisotopic (exact) mass is 245 g/mol. The van der Waals surface area contributed by atoms with Gasteiger partial charge in [-0.05, 0) is 19.1 Å². The van der Waals surface area contributed by atoms with Gasteiger partial charge in [-0.1, -0.05) is 0 Å². The van der Waals surface area contributed by atoms with E-state index < -0.39 is 0 Å². The first-order valence-electron chi connectivity index (χ1n) is 5.92. The fraction of sp³-hybridized carbons (Fsp3) is 0.308. The maximum absolute atomic E-state index is 11.4. The molecule has 0 spiro atoms. The third kappa shape index (κ3) is 2.40. The van der Waals surface area contributed by atoms with Gasteiger partial charge < -0.3 is 9.88 Å². The van der Waals surface area contributed by atoms with Crippen LogP contribution >= 0.6 is 0 Å². The van der Waals surface area contributed by atoms with Crippen LogP contribution in [0.25, 0.3) is 11.0 Å². The number of aryl methyl sites for hydroxylation is 1. The van der Waals surface area contributed by atoms with Crippen LogP contribution in [-0.4, -0.2) is 28.3 Å². The molecule has 0 fully saturated rings. The van der Waals surface area contributed by atoms with Gasteiger partial charge in [0.25, 0.3) is 0 Å². The Morgan fingerprint density at radius 1 is 1.56 bits per heavy atom. The molecule has 2 heterocycles. The Labute approximate surface area is 105 Å². The topological polar surface area (TPSA) is 64.0 Å². The number of pyridine rings is 1. The van der Waals surface area contributed by atoms with Crippen LogP contribution in [0.5, 0.6) is 0 Å². The maximum atomic E-state index is 11.4. The number of amides is 1. The predicted molar refractivity (Wildman–Crippen MR) is 68.4 cm³/mol. The standard InChI is InChI=1S/C13H15N3O2/c1-2-14-12(18)5-7-16-8-10(9-17)11-4-3-6-15-13(11)16/h3-4,6,8-9H,2,5,7H2,1H3,(H,14,18). The van der Waals surface area contributed by atoms with E-state index in [1.807, 2.05) is 17.6 Å². The first-order chi connectivity index (χ1) is 8.76.